The van der Waals surface area contributed by atoms with E-state index in [2.05, 4.69) is 51.3 Å². The Morgan fingerprint density at radius 2 is 1.77 bits per heavy atom. The van der Waals surface area contributed by atoms with E-state index in [0.29, 0.717) is 24.0 Å². The van der Waals surface area contributed by atoms with Crippen LogP contribution in [0.25, 0.3) is 0 Å². The van der Waals surface area contributed by atoms with Gasteiger partial charge in [0.2, 0.25) is 0 Å². The van der Waals surface area contributed by atoms with Crippen LogP contribution in [0.15, 0.2) is 47.5 Å². The largest absolute Gasteiger partial charge is 0.493 e. The fraction of sp³-hybridized carbons (Fsp3) is 0.435. The molecule has 31 heavy (non-hydrogen) atoms. The summed E-state index contributed by atoms with van der Waals surface area (Å²) in [6.45, 7) is 8.17. The van der Waals surface area contributed by atoms with Gasteiger partial charge in [0.15, 0.2) is 17.5 Å². The van der Waals surface area contributed by atoms with Gasteiger partial charge in [-0.2, -0.15) is 0 Å². The van der Waals surface area contributed by atoms with Gasteiger partial charge in [0.25, 0.3) is 0 Å². The number of nitrogens with zero attached hydrogens (tertiary/aromatic N) is 3. The predicted molar refractivity (Wildman–Crippen MR) is 140 cm³/mol. The van der Waals surface area contributed by atoms with Crippen molar-refractivity contribution in [2.45, 2.75) is 13.3 Å². The van der Waals surface area contributed by atoms with Crippen LogP contribution in [-0.4, -0.2) is 64.3 Å². The highest BCUT2D eigenvalue weighted by atomic mass is 127. The molecular formula is C23H34IN5O2. The molecule has 0 aliphatic carbocycles. The molecule has 0 saturated carbocycles. The normalized spacial score (nSPS) is 14.7. The fourth-order valence-corrected chi connectivity index (χ4v) is 3.65. The first-order chi connectivity index (χ1) is 14.6. The summed E-state index contributed by atoms with van der Waals surface area (Å²) < 4.78 is 10.6. The van der Waals surface area contributed by atoms with Gasteiger partial charge in [0, 0.05) is 56.7 Å². The van der Waals surface area contributed by atoms with E-state index in [1.807, 2.05) is 18.2 Å². The number of hydrogen-bond acceptors (Lipinski definition) is 5. The number of anilines is 2. The van der Waals surface area contributed by atoms with Crippen molar-refractivity contribution in [2.24, 2.45) is 10.7 Å². The summed E-state index contributed by atoms with van der Waals surface area (Å²) in [5.41, 5.74) is 9.49. The first-order valence-corrected chi connectivity index (χ1v) is 10.4. The Balaban J connectivity index is 0.00000341. The van der Waals surface area contributed by atoms with Gasteiger partial charge in [-0.05, 0) is 43.2 Å². The third-order valence-electron chi connectivity index (χ3n) is 5.31. The maximum atomic E-state index is 6.03. The molecule has 170 valence electrons. The Hall–Kier alpha value is -2.20. The molecule has 1 fully saturated rings. The number of aryl methyl sites for hydroxylation is 1. The summed E-state index contributed by atoms with van der Waals surface area (Å²) in [5.74, 6) is 1.74. The molecule has 1 aliphatic rings. The maximum Gasteiger partial charge on any atom is 0.193 e. The smallest absolute Gasteiger partial charge is 0.193 e. The molecule has 2 aromatic carbocycles. The van der Waals surface area contributed by atoms with Crippen molar-refractivity contribution in [3.63, 3.8) is 0 Å². The highest BCUT2D eigenvalue weighted by Gasteiger charge is 2.16. The molecule has 0 spiro atoms. The van der Waals surface area contributed by atoms with Gasteiger partial charge < -0.3 is 25.4 Å². The molecule has 1 saturated heterocycles. The Bertz CT molecular complexity index is 854. The van der Waals surface area contributed by atoms with Gasteiger partial charge in [-0.3, -0.25) is 9.89 Å². The summed E-state index contributed by atoms with van der Waals surface area (Å²) in [6, 6.07) is 14.3. The third kappa shape index (κ3) is 7.46. The zero-order chi connectivity index (χ0) is 21.3. The number of nitrogens with two attached hydrogens (primary N) is 1. The van der Waals surface area contributed by atoms with Crippen LogP contribution in [0.1, 0.15) is 12.0 Å². The molecule has 1 heterocycles. The number of piperazine rings is 1. The van der Waals surface area contributed by atoms with Crippen molar-refractivity contribution >= 4 is 41.3 Å². The van der Waals surface area contributed by atoms with E-state index in [4.69, 9.17) is 15.2 Å². The molecule has 8 heteroatoms. The van der Waals surface area contributed by atoms with Crippen LogP contribution in [-0.2, 0) is 0 Å². The molecule has 1 aliphatic heterocycles. The standard InChI is InChI=1S/C23H33N5O2.HI/c1-18-6-4-7-20(16-18)28-14-12-27(13-15-28)11-5-10-25-23(24)26-19-8-9-21(29-2)22(17-19)30-3;/h4,6-9,16-17H,5,10-15H2,1-3H3,(H3,24,25,26);1H. The van der Waals surface area contributed by atoms with Crippen molar-refractivity contribution < 1.29 is 9.47 Å². The number of nitrogens with one attached hydrogen (secondary N) is 1. The Morgan fingerprint density at radius 3 is 2.45 bits per heavy atom. The minimum absolute atomic E-state index is 0. The minimum atomic E-state index is 0. The first-order valence-electron chi connectivity index (χ1n) is 10.4. The number of halogens is 1. The van der Waals surface area contributed by atoms with Crippen molar-refractivity contribution in [1.82, 2.24) is 4.90 Å². The second-order valence-corrected chi connectivity index (χ2v) is 7.48. The molecule has 7 nitrogen and oxygen atoms in total. The second-order valence-electron chi connectivity index (χ2n) is 7.48. The molecule has 2 aromatic rings. The quantitative estimate of drug-likeness (QED) is 0.231. The lowest BCUT2D eigenvalue weighted by molar-refractivity contribution is 0.256. The number of ether oxygens (including phenoxy) is 2. The Morgan fingerprint density at radius 1 is 1.03 bits per heavy atom. The van der Waals surface area contributed by atoms with Crippen LogP contribution in [0, 0.1) is 6.92 Å². The molecule has 3 N–H and O–H groups in total. The van der Waals surface area contributed by atoms with Crippen LogP contribution in [0.4, 0.5) is 11.4 Å². The number of methoxy groups -OCH3 is 2. The summed E-state index contributed by atoms with van der Waals surface area (Å²) in [4.78, 5) is 9.41. The zero-order valence-electron chi connectivity index (χ0n) is 18.6. The van der Waals surface area contributed by atoms with E-state index >= 15 is 0 Å². The highest BCUT2D eigenvalue weighted by Crippen LogP contribution is 2.29. The van der Waals surface area contributed by atoms with Crippen molar-refractivity contribution in [3.8, 4) is 11.5 Å². The van der Waals surface area contributed by atoms with Gasteiger partial charge in [-0.25, -0.2) is 0 Å². The van der Waals surface area contributed by atoms with Crippen molar-refractivity contribution in [2.75, 3.05) is 63.7 Å². The summed E-state index contributed by atoms with van der Waals surface area (Å²) in [6.07, 6.45) is 0.985. The topological polar surface area (TPSA) is 75.4 Å². The molecule has 0 amide bonds. The lowest BCUT2D eigenvalue weighted by Gasteiger charge is -2.36. The average Bonchev–Trinajstić information content (AvgIpc) is 2.77. The molecule has 3 rings (SSSR count). The molecule has 0 unspecified atom stereocenters. The lowest BCUT2D eigenvalue weighted by atomic mass is 10.2. The summed E-state index contributed by atoms with van der Waals surface area (Å²) in [5, 5.41) is 3.11. The first kappa shape index (κ1) is 25.1. The second kappa shape index (κ2) is 12.6. The predicted octanol–water partition coefficient (Wildman–Crippen LogP) is 3.57. The van der Waals surface area contributed by atoms with Crippen LogP contribution in [0.2, 0.25) is 0 Å². The number of aliphatic imine (C=N–C) groups is 1. The Kier molecular flexibility index (Phi) is 10.2. The molecule has 0 atom stereocenters. The van der Waals surface area contributed by atoms with E-state index in [0.717, 1.165) is 44.8 Å². The monoisotopic (exact) mass is 539 g/mol. The van der Waals surface area contributed by atoms with Gasteiger partial charge in [0.1, 0.15) is 0 Å². The van der Waals surface area contributed by atoms with Crippen LogP contribution in [0.5, 0.6) is 11.5 Å². The van der Waals surface area contributed by atoms with E-state index in [-0.39, 0.29) is 24.0 Å². The SMILES string of the molecule is COc1ccc(NC(N)=NCCCN2CCN(c3cccc(C)c3)CC2)cc1OC.I. The van der Waals surface area contributed by atoms with Crippen molar-refractivity contribution in [3.05, 3.63) is 48.0 Å². The molecular weight excluding hydrogens is 505 g/mol. The van der Waals surface area contributed by atoms with Gasteiger partial charge in [-0.1, -0.05) is 12.1 Å². The summed E-state index contributed by atoms with van der Waals surface area (Å²) in [7, 11) is 3.23. The van der Waals surface area contributed by atoms with Crippen molar-refractivity contribution in [1.29, 1.82) is 0 Å². The highest BCUT2D eigenvalue weighted by molar-refractivity contribution is 14.0. The third-order valence-corrected chi connectivity index (χ3v) is 5.31. The molecule has 0 aromatic heterocycles. The van der Waals surface area contributed by atoms with Gasteiger partial charge >= 0.3 is 0 Å². The molecule has 0 radical (unpaired) electrons. The summed E-state index contributed by atoms with van der Waals surface area (Å²) >= 11 is 0. The minimum Gasteiger partial charge on any atom is -0.493 e. The van der Waals surface area contributed by atoms with Crippen LogP contribution in [0.3, 0.4) is 0 Å². The van der Waals surface area contributed by atoms with E-state index < -0.39 is 0 Å². The number of hydrogen-bond donors (Lipinski definition) is 2. The number of guanidine groups is 1. The zero-order valence-corrected chi connectivity index (χ0v) is 21.0. The maximum absolute atomic E-state index is 6.03. The average molecular weight is 539 g/mol. The number of benzene rings is 2. The van der Waals surface area contributed by atoms with Crippen LogP contribution < -0.4 is 25.4 Å². The van der Waals surface area contributed by atoms with Crippen LogP contribution >= 0.6 is 24.0 Å². The van der Waals surface area contributed by atoms with Gasteiger partial charge in [0.05, 0.1) is 14.2 Å². The van der Waals surface area contributed by atoms with E-state index in [1.165, 1.54) is 11.3 Å². The Labute approximate surface area is 202 Å². The van der Waals surface area contributed by atoms with E-state index in [9.17, 15) is 0 Å². The molecule has 0 bridgehead atoms. The van der Waals surface area contributed by atoms with Gasteiger partial charge in [-0.15, -0.1) is 24.0 Å². The fourth-order valence-electron chi connectivity index (χ4n) is 3.65. The van der Waals surface area contributed by atoms with E-state index in [1.54, 1.807) is 14.2 Å². The number of rotatable bonds is 8. The lowest BCUT2D eigenvalue weighted by Crippen LogP contribution is -2.46.